The molecule has 0 aliphatic heterocycles. The minimum atomic E-state index is -0.0237. The van der Waals surface area contributed by atoms with Crippen LogP contribution in [0, 0.1) is 8.98 Å². The molecule has 23 heavy (non-hydrogen) atoms. The van der Waals surface area contributed by atoms with Crippen molar-refractivity contribution in [2.75, 3.05) is 40.1 Å². The van der Waals surface area contributed by atoms with Gasteiger partial charge in [-0.05, 0) is 22.6 Å². The molecule has 1 aromatic heterocycles. The predicted molar refractivity (Wildman–Crippen MR) is 103 cm³/mol. The van der Waals surface area contributed by atoms with Gasteiger partial charge in [-0.2, -0.15) is 0 Å². The van der Waals surface area contributed by atoms with Gasteiger partial charge in [-0.3, -0.25) is 5.41 Å². The zero-order chi connectivity index (χ0) is 17.2. The summed E-state index contributed by atoms with van der Waals surface area (Å²) in [5.41, 5.74) is 43.1. The van der Waals surface area contributed by atoms with Gasteiger partial charge in [0.1, 0.15) is 5.69 Å². The first-order valence-electron chi connectivity index (χ1n) is 6.37. The van der Waals surface area contributed by atoms with Crippen LogP contribution in [0.2, 0.25) is 0 Å². The number of nitrogens with one attached hydrogen (secondary N) is 1. The highest BCUT2D eigenvalue weighted by atomic mass is 127. The van der Waals surface area contributed by atoms with E-state index in [9.17, 15) is 0 Å². The molecule has 10 heteroatoms. The van der Waals surface area contributed by atoms with Gasteiger partial charge in [-0.15, -0.1) is 0 Å². The molecular formula is C13H15IN8O. The average Bonchev–Trinajstić information content (AvgIpc) is 2.53. The molecule has 0 aliphatic carbocycles. The molecule has 3 rings (SSSR count). The van der Waals surface area contributed by atoms with Gasteiger partial charge >= 0.3 is 0 Å². The molecule has 9 nitrogen and oxygen atoms in total. The maximum Gasteiger partial charge on any atom is 0.164 e. The molecule has 0 radical (unpaired) electrons. The van der Waals surface area contributed by atoms with Gasteiger partial charge in [0.15, 0.2) is 11.2 Å². The third-order valence-corrected chi connectivity index (χ3v) is 4.98. The summed E-state index contributed by atoms with van der Waals surface area (Å²) in [5.74, 6) is 0. The Labute approximate surface area is 143 Å². The van der Waals surface area contributed by atoms with E-state index < -0.39 is 0 Å². The van der Waals surface area contributed by atoms with Gasteiger partial charge in [0.05, 0.1) is 53.8 Å². The van der Waals surface area contributed by atoms with E-state index in [-0.39, 0.29) is 67.1 Å². The number of hydrogen-bond acceptors (Lipinski definition) is 9. The first-order valence-corrected chi connectivity index (χ1v) is 7.45. The van der Waals surface area contributed by atoms with Crippen LogP contribution in [0.1, 0.15) is 0 Å². The molecule has 1 heterocycles. The third-order valence-electron chi connectivity index (χ3n) is 3.82. The van der Waals surface area contributed by atoms with E-state index >= 15 is 0 Å². The van der Waals surface area contributed by atoms with Gasteiger partial charge in [0, 0.05) is 0 Å². The summed E-state index contributed by atoms with van der Waals surface area (Å²) in [6.07, 6.45) is 0. The van der Waals surface area contributed by atoms with Crippen molar-refractivity contribution in [1.29, 1.82) is 5.41 Å². The summed E-state index contributed by atoms with van der Waals surface area (Å²) in [5, 5.41) is 8.90. The Morgan fingerprint density at radius 3 is 1.61 bits per heavy atom. The van der Waals surface area contributed by atoms with Crippen molar-refractivity contribution in [1.82, 2.24) is 0 Å². The molecule has 0 spiro atoms. The summed E-state index contributed by atoms with van der Waals surface area (Å²) >= 11 is 1.95. The Morgan fingerprint density at radius 1 is 0.609 bits per heavy atom. The van der Waals surface area contributed by atoms with E-state index in [1.54, 1.807) is 0 Å². The molecule has 0 bridgehead atoms. The van der Waals surface area contributed by atoms with Crippen LogP contribution in [0.5, 0.6) is 0 Å². The minimum Gasteiger partial charge on any atom is -0.451 e. The normalized spacial score (nSPS) is 11.3. The Bertz CT molecular complexity index is 991. The maximum atomic E-state index is 8.46. The number of nitrogens with two attached hydrogens (primary N) is 7. The number of anilines is 7. The van der Waals surface area contributed by atoms with E-state index in [0.717, 1.165) is 0 Å². The zero-order valence-corrected chi connectivity index (χ0v) is 14.0. The SMILES string of the molecule is N=c1c2c(N)c(N)c(N)c(N)c2oc2c(N)c(I)c(N)c(N)c12. The minimum absolute atomic E-state index is 0.0237. The molecule has 0 aliphatic rings. The third kappa shape index (κ3) is 1.75. The highest BCUT2D eigenvalue weighted by Crippen LogP contribution is 2.42. The lowest BCUT2D eigenvalue weighted by Gasteiger charge is -2.16. The summed E-state index contributed by atoms with van der Waals surface area (Å²) in [4.78, 5) is 0. The van der Waals surface area contributed by atoms with Crippen LogP contribution < -0.4 is 45.5 Å². The molecule has 120 valence electrons. The second-order valence-electron chi connectivity index (χ2n) is 5.10. The summed E-state index contributed by atoms with van der Waals surface area (Å²) in [7, 11) is 0. The number of rotatable bonds is 0. The Kier molecular flexibility index (Phi) is 3.04. The molecule has 15 N–H and O–H groups in total. The fourth-order valence-electron chi connectivity index (χ4n) is 2.49. The lowest BCUT2D eigenvalue weighted by Crippen LogP contribution is -2.14. The fourth-order valence-corrected chi connectivity index (χ4v) is 3.03. The molecule has 2 aromatic carbocycles. The number of nitrogen functional groups attached to an aromatic ring is 7. The summed E-state index contributed by atoms with van der Waals surface area (Å²) in [6, 6.07) is 0. The highest BCUT2D eigenvalue weighted by molar-refractivity contribution is 14.1. The number of benzene rings is 2. The van der Waals surface area contributed by atoms with Gasteiger partial charge < -0.3 is 44.6 Å². The van der Waals surface area contributed by atoms with E-state index in [1.807, 2.05) is 22.6 Å². The first-order chi connectivity index (χ1) is 10.7. The monoisotopic (exact) mass is 426 g/mol. The van der Waals surface area contributed by atoms with Gasteiger partial charge in [-0.1, -0.05) is 0 Å². The number of fused-ring (bicyclic) bond motifs is 2. The second-order valence-corrected chi connectivity index (χ2v) is 6.17. The van der Waals surface area contributed by atoms with E-state index in [0.29, 0.717) is 3.57 Å². The molecule has 0 saturated carbocycles. The molecular weight excluding hydrogens is 411 g/mol. The smallest absolute Gasteiger partial charge is 0.164 e. The van der Waals surface area contributed by atoms with Crippen LogP contribution in [-0.2, 0) is 0 Å². The standard InChI is InChI=1S/C13H15IN8O/c14-3-7(18)5(16)1-4(15)2-6(17)9(20)10(21)11(22)13(2)23-12(1)8(3)19/h15H,16-22H2. The van der Waals surface area contributed by atoms with Crippen LogP contribution in [0.3, 0.4) is 0 Å². The quantitative estimate of drug-likeness (QED) is 0.145. The van der Waals surface area contributed by atoms with Crippen molar-refractivity contribution in [3.05, 3.63) is 8.93 Å². The van der Waals surface area contributed by atoms with Crippen LogP contribution in [0.25, 0.3) is 21.9 Å². The maximum absolute atomic E-state index is 8.46. The molecule has 0 unspecified atom stereocenters. The number of hydrogen-bond donors (Lipinski definition) is 8. The largest absolute Gasteiger partial charge is 0.451 e. The predicted octanol–water partition coefficient (Wildman–Crippen LogP) is 0.745. The van der Waals surface area contributed by atoms with Crippen molar-refractivity contribution in [3.63, 3.8) is 0 Å². The van der Waals surface area contributed by atoms with Crippen molar-refractivity contribution < 1.29 is 4.42 Å². The molecule has 3 aromatic rings. The van der Waals surface area contributed by atoms with Crippen LogP contribution >= 0.6 is 22.6 Å². The average molecular weight is 426 g/mol. The molecule has 0 amide bonds. The lowest BCUT2D eigenvalue weighted by molar-refractivity contribution is 0.662. The first kappa shape index (κ1) is 15.1. The van der Waals surface area contributed by atoms with E-state index in [4.69, 9.17) is 50.0 Å². The van der Waals surface area contributed by atoms with Crippen molar-refractivity contribution in [2.24, 2.45) is 0 Å². The summed E-state index contributed by atoms with van der Waals surface area (Å²) < 4.78 is 6.33. The number of halogens is 1. The topological polar surface area (TPSA) is 219 Å². The van der Waals surface area contributed by atoms with E-state index in [2.05, 4.69) is 0 Å². The van der Waals surface area contributed by atoms with Gasteiger partial charge in [-0.25, -0.2) is 0 Å². The van der Waals surface area contributed by atoms with Crippen molar-refractivity contribution in [2.45, 2.75) is 0 Å². The second kappa shape index (κ2) is 4.62. The highest BCUT2D eigenvalue weighted by Gasteiger charge is 2.22. The van der Waals surface area contributed by atoms with Crippen molar-refractivity contribution >= 4 is 84.3 Å². The Balaban J connectivity index is 2.77. The lowest BCUT2D eigenvalue weighted by atomic mass is 10.0. The van der Waals surface area contributed by atoms with E-state index in [1.165, 1.54) is 0 Å². The van der Waals surface area contributed by atoms with Crippen LogP contribution in [-0.4, -0.2) is 0 Å². The van der Waals surface area contributed by atoms with Gasteiger partial charge in [0.2, 0.25) is 0 Å². The Hall–Kier alpha value is -2.76. The molecule has 0 saturated heterocycles. The molecule has 0 atom stereocenters. The molecule has 0 fully saturated rings. The van der Waals surface area contributed by atoms with Crippen molar-refractivity contribution in [3.8, 4) is 0 Å². The summed E-state index contributed by atoms with van der Waals surface area (Å²) in [6.45, 7) is 0. The van der Waals surface area contributed by atoms with Crippen LogP contribution in [0.4, 0.5) is 39.8 Å². The fraction of sp³-hybridized carbons (Fsp3) is 0. The zero-order valence-electron chi connectivity index (χ0n) is 11.8. The Morgan fingerprint density at radius 2 is 1.04 bits per heavy atom. The van der Waals surface area contributed by atoms with Crippen LogP contribution in [0.15, 0.2) is 4.42 Å². The van der Waals surface area contributed by atoms with Gasteiger partial charge in [0.25, 0.3) is 0 Å².